The van der Waals surface area contributed by atoms with Crippen molar-refractivity contribution in [3.8, 4) is 28.5 Å². The molecule has 3 aromatic carbocycles. The topological polar surface area (TPSA) is 58.9 Å². The molecule has 0 spiro atoms. The van der Waals surface area contributed by atoms with Crippen molar-refractivity contribution in [1.29, 1.82) is 5.26 Å². The van der Waals surface area contributed by atoms with Gasteiger partial charge in [-0.1, -0.05) is 86.1 Å². The van der Waals surface area contributed by atoms with Gasteiger partial charge in [-0.05, 0) is 29.2 Å². The number of fused-ring (bicyclic) bond motifs is 1. The maximum atomic E-state index is 9.42. The molecule has 5 heteroatoms. The summed E-state index contributed by atoms with van der Waals surface area (Å²) in [6.07, 6.45) is 5.15. The normalized spacial score (nSPS) is 11.0. The van der Waals surface area contributed by atoms with Gasteiger partial charge in [-0.15, -0.1) is 0 Å². The molecule has 5 nitrogen and oxygen atoms in total. The van der Waals surface area contributed by atoms with Crippen LogP contribution in [0.25, 0.3) is 28.2 Å². The SMILES string of the molecule is CCCCc1nn2cc(-c3ccccc3)nc2n1Cc1ccc(-c2ccccc2C#N)cc1. The van der Waals surface area contributed by atoms with Gasteiger partial charge in [0.15, 0.2) is 0 Å². The first kappa shape index (κ1) is 20.7. The Balaban J connectivity index is 1.49. The van der Waals surface area contributed by atoms with Crippen molar-refractivity contribution in [2.75, 3.05) is 0 Å². The van der Waals surface area contributed by atoms with E-state index in [-0.39, 0.29) is 0 Å². The summed E-state index contributed by atoms with van der Waals surface area (Å²) < 4.78 is 4.13. The number of aromatic nitrogens is 4. The number of nitrogens with zero attached hydrogens (tertiary/aromatic N) is 5. The lowest BCUT2D eigenvalue weighted by molar-refractivity contribution is 0.682. The molecule has 0 unspecified atom stereocenters. The fourth-order valence-electron chi connectivity index (χ4n) is 4.15. The van der Waals surface area contributed by atoms with Crippen LogP contribution in [0.15, 0.2) is 85.1 Å². The lowest BCUT2D eigenvalue weighted by Gasteiger charge is -2.09. The van der Waals surface area contributed by atoms with E-state index in [4.69, 9.17) is 10.1 Å². The Morgan fingerprint density at radius 2 is 1.64 bits per heavy atom. The predicted molar refractivity (Wildman–Crippen MR) is 131 cm³/mol. The van der Waals surface area contributed by atoms with Crippen LogP contribution >= 0.6 is 0 Å². The van der Waals surface area contributed by atoms with E-state index >= 15 is 0 Å². The third-order valence-corrected chi connectivity index (χ3v) is 5.92. The average Bonchev–Trinajstić information content (AvgIpc) is 3.42. The number of nitriles is 1. The van der Waals surface area contributed by atoms with E-state index in [2.05, 4.69) is 54.0 Å². The third-order valence-electron chi connectivity index (χ3n) is 5.92. The summed E-state index contributed by atoms with van der Waals surface area (Å²) in [4.78, 5) is 4.92. The van der Waals surface area contributed by atoms with Gasteiger partial charge in [0.1, 0.15) is 5.82 Å². The molecule has 0 aliphatic carbocycles. The fraction of sp³-hybridized carbons (Fsp3) is 0.179. The Kier molecular flexibility index (Phi) is 5.73. The van der Waals surface area contributed by atoms with Crippen molar-refractivity contribution in [2.24, 2.45) is 0 Å². The van der Waals surface area contributed by atoms with Crippen LogP contribution in [0.1, 0.15) is 36.7 Å². The second kappa shape index (κ2) is 9.13. The third kappa shape index (κ3) is 4.16. The minimum absolute atomic E-state index is 0.689. The molecule has 2 heterocycles. The Labute approximate surface area is 193 Å². The summed E-state index contributed by atoms with van der Waals surface area (Å²) in [5, 5.41) is 14.3. The van der Waals surface area contributed by atoms with Crippen LogP contribution in [0.3, 0.4) is 0 Å². The summed E-state index contributed by atoms with van der Waals surface area (Å²) in [5.41, 5.74) is 5.89. The van der Waals surface area contributed by atoms with Crippen molar-refractivity contribution in [1.82, 2.24) is 19.2 Å². The van der Waals surface area contributed by atoms with Crippen LogP contribution in [-0.2, 0) is 13.0 Å². The molecule has 0 saturated heterocycles. The number of rotatable bonds is 7. The summed E-state index contributed by atoms with van der Waals surface area (Å²) >= 11 is 0. The average molecular weight is 432 g/mol. The molecule has 0 atom stereocenters. The zero-order valence-corrected chi connectivity index (χ0v) is 18.6. The van der Waals surface area contributed by atoms with Gasteiger partial charge in [-0.25, -0.2) is 9.50 Å². The second-order valence-electron chi connectivity index (χ2n) is 8.20. The second-order valence-corrected chi connectivity index (χ2v) is 8.20. The van der Waals surface area contributed by atoms with Crippen LogP contribution in [-0.4, -0.2) is 19.2 Å². The smallest absolute Gasteiger partial charge is 0.233 e. The van der Waals surface area contributed by atoms with E-state index < -0.39 is 0 Å². The highest BCUT2D eigenvalue weighted by Gasteiger charge is 2.15. The standard InChI is InChI=1S/C28H25N5/c1-2-3-13-27-31-33-20-26(23-9-5-4-6-10-23)30-28(33)32(27)19-21-14-16-22(17-15-21)25-12-8-7-11-24(25)18-29/h4-12,14-17,20H,2-3,13,19H2,1H3. The summed E-state index contributed by atoms with van der Waals surface area (Å²) in [5.74, 6) is 1.91. The Bertz CT molecular complexity index is 1420. The molecule has 162 valence electrons. The van der Waals surface area contributed by atoms with E-state index in [9.17, 15) is 5.26 Å². The molecule has 0 fully saturated rings. The van der Waals surface area contributed by atoms with Crippen LogP contribution in [0, 0.1) is 11.3 Å². The largest absolute Gasteiger partial charge is 0.292 e. The highest BCUT2D eigenvalue weighted by molar-refractivity contribution is 5.70. The van der Waals surface area contributed by atoms with Crippen molar-refractivity contribution >= 4 is 5.78 Å². The number of hydrogen-bond donors (Lipinski definition) is 0. The molecule has 0 radical (unpaired) electrons. The molecule has 0 saturated carbocycles. The highest BCUT2D eigenvalue weighted by atomic mass is 15.4. The molecule has 5 rings (SSSR count). The molecule has 0 N–H and O–H groups in total. The van der Waals surface area contributed by atoms with Crippen LogP contribution in [0.5, 0.6) is 0 Å². The first-order valence-corrected chi connectivity index (χ1v) is 11.4. The molecular weight excluding hydrogens is 406 g/mol. The number of hydrogen-bond acceptors (Lipinski definition) is 3. The van der Waals surface area contributed by atoms with Crippen molar-refractivity contribution in [2.45, 2.75) is 32.7 Å². The van der Waals surface area contributed by atoms with Crippen LogP contribution in [0.4, 0.5) is 0 Å². The molecule has 0 amide bonds. The lowest BCUT2D eigenvalue weighted by Crippen LogP contribution is -2.06. The van der Waals surface area contributed by atoms with E-state index in [0.29, 0.717) is 12.1 Å². The van der Waals surface area contributed by atoms with E-state index in [1.54, 1.807) is 0 Å². The Morgan fingerprint density at radius 3 is 2.39 bits per heavy atom. The first-order chi connectivity index (χ1) is 16.3. The Hall–Kier alpha value is -4.17. The van der Waals surface area contributed by atoms with E-state index in [1.807, 2.05) is 53.2 Å². The van der Waals surface area contributed by atoms with Gasteiger partial charge in [0, 0.05) is 12.0 Å². The van der Waals surface area contributed by atoms with Gasteiger partial charge >= 0.3 is 0 Å². The van der Waals surface area contributed by atoms with E-state index in [0.717, 1.165) is 53.2 Å². The molecule has 5 aromatic rings. The van der Waals surface area contributed by atoms with Gasteiger partial charge in [0.25, 0.3) is 0 Å². The predicted octanol–water partition coefficient (Wildman–Crippen LogP) is 6.13. The molecular formula is C28H25N5. The number of unbranched alkanes of at least 4 members (excludes halogenated alkanes) is 1. The maximum Gasteiger partial charge on any atom is 0.233 e. The molecule has 33 heavy (non-hydrogen) atoms. The monoisotopic (exact) mass is 431 g/mol. The van der Waals surface area contributed by atoms with Gasteiger partial charge < -0.3 is 0 Å². The summed E-state index contributed by atoms with van der Waals surface area (Å²) in [6, 6.07) is 28.6. The highest BCUT2D eigenvalue weighted by Crippen LogP contribution is 2.25. The van der Waals surface area contributed by atoms with Crippen molar-refractivity contribution < 1.29 is 0 Å². The zero-order valence-electron chi connectivity index (χ0n) is 18.6. The quantitative estimate of drug-likeness (QED) is 0.312. The number of imidazole rings is 1. The van der Waals surface area contributed by atoms with Gasteiger partial charge in [-0.3, -0.25) is 4.57 Å². The zero-order chi connectivity index (χ0) is 22.6. The van der Waals surface area contributed by atoms with Gasteiger partial charge in [0.2, 0.25) is 5.78 Å². The van der Waals surface area contributed by atoms with Crippen molar-refractivity contribution in [3.05, 3.63) is 102 Å². The van der Waals surface area contributed by atoms with E-state index in [1.165, 1.54) is 5.56 Å². The number of aryl methyl sites for hydroxylation is 1. The minimum atomic E-state index is 0.689. The van der Waals surface area contributed by atoms with Crippen LogP contribution < -0.4 is 0 Å². The first-order valence-electron chi connectivity index (χ1n) is 11.4. The molecule has 0 aliphatic heterocycles. The van der Waals surface area contributed by atoms with Gasteiger partial charge in [-0.2, -0.15) is 10.4 Å². The van der Waals surface area contributed by atoms with Crippen LogP contribution in [0.2, 0.25) is 0 Å². The van der Waals surface area contributed by atoms with Crippen molar-refractivity contribution in [3.63, 3.8) is 0 Å². The fourth-order valence-corrected chi connectivity index (χ4v) is 4.15. The molecule has 0 bridgehead atoms. The minimum Gasteiger partial charge on any atom is -0.292 e. The molecule has 2 aromatic heterocycles. The summed E-state index contributed by atoms with van der Waals surface area (Å²) in [6.45, 7) is 2.90. The lowest BCUT2D eigenvalue weighted by atomic mass is 9.99. The number of benzene rings is 3. The molecule has 0 aliphatic rings. The Morgan fingerprint density at radius 1 is 0.879 bits per heavy atom. The summed E-state index contributed by atoms with van der Waals surface area (Å²) in [7, 11) is 0. The van der Waals surface area contributed by atoms with Gasteiger partial charge in [0.05, 0.1) is 30.1 Å². The maximum absolute atomic E-state index is 9.42.